The first kappa shape index (κ1) is 23.6. The summed E-state index contributed by atoms with van der Waals surface area (Å²) >= 11 is 0.989. The molecule has 3 aromatic heterocycles. The smallest absolute Gasteiger partial charge is 0.341 e. The molecule has 0 radical (unpaired) electrons. The summed E-state index contributed by atoms with van der Waals surface area (Å²) in [7, 11) is 1.42. The molecule has 0 unspecified atom stereocenters. The number of nitrogens with one attached hydrogen (secondary N) is 1. The van der Waals surface area contributed by atoms with Crippen LogP contribution in [0, 0.1) is 12.8 Å². The van der Waals surface area contributed by atoms with Crippen LogP contribution in [-0.2, 0) is 9.53 Å². The highest BCUT2D eigenvalue weighted by Crippen LogP contribution is 2.28. The average Bonchev–Trinajstić information content (AvgIpc) is 3.24. The SMILES string of the molecule is CCOCCNC(=O)C1CN(c2cc(C)c3c(=O)c(C(=O)O)cn(-c4nc(OC)ns4)c3n2)C1. The molecular formula is C21H24N6O6S. The maximum atomic E-state index is 12.9. The number of aryl methyl sites for hydroxylation is 1. The minimum Gasteiger partial charge on any atom is -0.477 e. The fourth-order valence-electron chi connectivity index (χ4n) is 3.69. The fourth-order valence-corrected chi connectivity index (χ4v) is 4.31. The normalized spacial score (nSPS) is 13.7. The molecule has 0 aromatic carbocycles. The minimum atomic E-state index is -1.35. The monoisotopic (exact) mass is 488 g/mol. The van der Waals surface area contributed by atoms with E-state index in [0.717, 1.165) is 11.5 Å². The van der Waals surface area contributed by atoms with Gasteiger partial charge < -0.3 is 24.8 Å². The summed E-state index contributed by atoms with van der Waals surface area (Å²) in [5, 5.41) is 12.9. The molecule has 0 bridgehead atoms. The van der Waals surface area contributed by atoms with Crippen molar-refractivity contribution < 1.29 is 24.2 Å². The number of hydrogen-bond donors (Lipinski definition) is 2. The second kappa shape index (κ2) is 9.73. The van der Waals surface area contributed by atoms with E-state index in [9.17, 15) is 19.5 Å². The van der Waals surface area contributed by atoms with E-state index in [4.69, 9.17) is 9.47 Å². The van der Waals surface area contributed by atoms with Gasteiger partial charge >= 0.3 is 12.0 Å². The van der Waals surface area contributed by atoms with E-state index < -0.39 is 17.0 Å². The molecule has 2 N–H and O–H groups in total. The van der Waals surface area contributed by atoms with Gasteiger partial charge in [0.15, 0.2) is 5.65 Å². The number of ether oxygens (including phenoxy) is 2. The number of fused-ring (bicyclic) bond motifs is 1. The Balaban J connectivity index is 1.67. The highest BCUT2D eigenvalue weighted by molar-refractivity contribution is 7.08. The van der Waals surface area contributed by atoms with Crippen molar-refractivity contribution in [2.45, 2.75) is 13.8 Å². The third-order valence-electron chi connectivity index (χ3n) is 5.48. The summed E-state index contributed by atoms with van der Waals surface area (Å²) in [6.45, 7) is 6.10. The van der Waals surface area contributed by atoms with Crippen LogP contribution in [0.5, 0.6) is 6.01 Å². The van der Waals surface area contributed by atoms with Gasteiger partial charge in [-0.3, -0.25) is 14.2 Å². The highest BCUT2D eigenvalue weighted by Gasteiger charge is 2.34. The van der Waals surface area contributed by atoms with E-state index in [2.05, 4.69) is 19.7 Å². The van der Waals surface area contributed by atoms with Crippen LogP contribution < -0.4 is 20.4 Å². The van der Waals surface area contributed by atoms with Crippen molar-refractivity contribution in [3.05, 3.63) is 33.6 Å². The summed E-state index contributed by atoms with van der Waals surface area (Å²) in [6.07, 6.45) is 1.20. The second-order valence-electron chi connectivity index (χ2n) is 7.70. The van der Waals surface area contributed by atoms with Crippen LogP contribution in [0.15, 0.2) is 17.1 Å². The maximum Gasteiger partial charge on any atom is 0.341 e. The molecule has 0 saturated carbocycles. The second-order valence-corrected chi connectivity index (χ2v) is 8.43. The van der Waals surface area contributed by atoms with Gasteiger partial charge in [-0.25, -0.2) is 9.78 Å². The Labute approximate surface area is 198 Å². The standard InChI is InChI=1S/C21H24N6O6S/c1-4-33-6-5-22-18(29)12-8-26(9-12)14-7-11(2)15-16(28)13(19(30)31)10-27(17(15)23-14)21-24-20(32-3)25-34-21/h7,10,12H,4-6,8-9H2,1-3H3,(H,22,29)(H,30,31). The Morgan fingerprint density at radius 2 is 2.09 bits per heavy atom. The number of methoxy groups -OCH3 is 1. The summed E-state index contributed by atoms with van der Waals surface area (Å²) in [6, 6.07) is 1.85. The Morgan fingerprint density at radius 1 is 1.32 bits per heavy atom. The van der Waals surface area contributed by atoms with Crippen LogP contribution in [-0.4, -0.2) is 75.8 Å². The number of nitrogens with zero attached hydrogens (tertiary/aromatic N) is 5. The fraction of sp³-hybridized carbons (Fsp3) is 0.429. The molecule has 0 spiro atoms. The lowest BCUT2D eigenvalue weighted by atomic mass is 9.98. The van der Waals surface area contributed by atoms with Gasteiger partial charge in [-0.2, -0.15) is 4.98 Å². The van der Waals surface area contributed by atoms with Gasteiger partial charge in [0.05, 0.1) is 25.0 Å². The Bertz CT molecular complexity index is 1300. The van der Waals surface area contributed by atoms with Crippen molar-refractivity contribution >= 4 is 40.3 Å². The first-order chi connectivity index (χ1) is 16.3. The van der Waals surface area contributed by atoms with Crippen molar-refractivity contribution in [1.82, 2.24) is 24.2 Å². The number of carboxylic acid groups (broad SMARTS) is 1. The van der Waals surface area contributed by atoms with Crippen molar-refractivity contribution in [1.29, 1.82) is 0 Å². The lowest BCUT2D eigenvalue weighted by molar-refractivity contribution is -0.125. The molecule has 4 heterocycles. The van der Waals surface area contributed by atoms with E-state index >= 15 is 0 Å². The minimum absolute atomic E-state index is 0.0440. The molecule has 1 amide bonds. The van der Waals surface area contributed by atoms with Crippen LogP contribution >= 0.6 is 11.5 Å². The van der Waals surface area contributed by atoms with Crippen LogP contribution in [0.4, 0.5) is 5.82 Å². The van der Waals surface area contributed by atoms with Gasteiger partial charge in [0.1, 0.15) is 11.4 Å². The third-order valence-corrected chi connectivity index (χ3v) is 6.18. The molecule has 4 rings (SSSR count). The topological polar surface area (TPSA) is 149 Å². The number of aromatic nitrogens is 4. The first-order valence-corrected chi connectivity index (χ1v) is 11.4. The van der Waals surface area contributed by atoms with E-state index in [1.807, 2.05) is 11.8 Å². The summed E-state index contributed by atoms with van der Waals surface area (Å²) in [4.78, 5) is 47.8. The third kappa shape index (κ3) is 4.43. The number of carbonyl (C=O) groups is 2. The molecule has 1 aliphatic heterocycles. The Hall–Kier alpha value is -3.58. The largest absolute Gasteiger partial charge is 0.477 e. The van der Waals surface area contributed by atoms with Gasteiger partial charge in [0, 0.05) is 44.0 Å². The zero-order valence-corrected chi connectivity index (χ0v) is 19.7. The molecule has 3 aromatic rings. The zero-order chi connectivity index (χ0) is 24.4. The van der Waals surface area contributed by atoms with Crippen LogP contribution in [0.3, 0.4) is 0 Å². The molecule has 13 heteroatoms. The molecule has 12 nitrogen and oxygen atoms in total. The lowest BCUT2D eigenvalue weighted by Crippen LogP contribution is -2.54. The van der Waals surface area contributed by atoms with Gasteiger partial charge in [0.25, 0.3) is 0 Å². The quantitative estimate of drug-likeness (QED) is 0.415. The average molecular weight is 489 g/mol. The predicted molar refractivity (Wildman–Crippen MR) is 124 cm³/mol. The van der Waals surface area contributed by atoms with Gasteiger partial charge in [0.2, 0.25) is 16.5 Å². The van der Waals surface area contributed by atoms with Crippen molar-refractivity contribution in [2.75, 3.05) is 44.9 Å². The van der Waals surface area contributed by atoms with E-state index in [1.54, 1.807) is 13.0 Å². The van der Waals surface area contributed by atoms with Gasteiger partial charge in [-0.05, 0) is 25.5 Å². The van der Waals surface area contributed by atoms with E-state index in [1.165, 1.54) is 17.9 Å². The van der Waals surface area contributed by atoms with Crippen molar-refractivity contribution in [3.8, 4) is 11.1 Å². The first-order valence-electron chi connectivity index (χ1n) is 10.6. The molecule has 1 saturated heterocycles. The molecule has 1 aliphatic rings. The highest BCUT2D eigenvalue weighted by atomic mass is 32.1. The Kier molecular flexibility index (Phi) is 6.75. The number of anilines is 1. The number of hydrogen-bond acceptors (Lipinski definition) is 10. The van der Waals surface area contributed by atoms with Crippen LogP contribution in [0.2, 0.25) is 0 Å². The summed E-state index contributed by atoms with van der Waals surface area (Å²) < 4.78 is 15.8. The molecule has 34 heavy (non-hydrogen) atoms. The number of amides is 1. The Morgan fingerprint density at radius 3 is 2.74 bits per heavy atom. The van der Waals surface area contributed by atoms with Crippen LogP contribution in [0.25, 0.3) is 16.2 Å². The van der Waals surface area contributed by atoms with E-state index in [-0.39, 0.29) is 28.9 Å². The predicted octanol–water partition coefficient (Wildman–Crippen LogP) is 0.841. The van der Waals surface area contributed by atoms with Crippen molar-refractivity contribution in [2.24, 2.45) is 5.92 Å². The molecule has 0 aliphatic carbocycles. The number of carbonyl (C=O) groups excluding carboxylic acids is 1. The lowest BCUT2D eigenvalue weighted by Gasteiger charge is -2.39. The number of aromatic carboxylic acids is 1. The van der Waals surface area contributed by atoms with Crippen molar-refractivity contribution in [3.63, 3.8) is 0 Å². The maximum absolute atomic E-state index is 12.9. The van der Waals surface area contributed by atoms with Crippen LogP contribution in [0.1, 0.15) is 22.8 Å². The molecule has 1 fully saturated rings. The molecule has 180 valence electrons. The van der Waals surface area contributed by atoms with Gasteiger partial charge in [-0.1, -0.05) is 0 Å². The summed E-state index contributed by atoms with van der Waals surface area (Å²) in [5.41, 5.74) is -0.189. The number of carboxylic acids is 1. The zero-order valence-electron chi connectivity index (χ0n) is 18.9. The molecule has 0 atom stereocenters. The number of pyridine rings is 2. The molecular weight excluding hydrogens is 464 g/mol. The summed E-state index contributed by atoms with van der Waals surface area (Å²) in [5.74, 6) is -0.988. The number of rotatable bonds is 9. The van der Waals surface area contributed by atoms with Gasteiger partial charge in [-0.15, -0.1) is 4.37 Å². The van der Waals surface area contributed by atoms with E-state index in [0.29, 0.717) is 49.4 Å².